The van der Waals surface area contributed by atoms with Crippen LogP contribution >= 0.6 is 0 Å². The second-order valence-electron chi connectivity index (χ2n) is 9.60. The SMILES string of the molecule is COc1cc2ncc3c(N)nc(-c4cncc(OCC(C)NC(=O)OC(C)(C)C)c4)cc3c2cc1OC. The third-order valence-electron chi connectivity index (χ3n) is 5.48. The van der Waals surface area contributed by atoms with Crippen LogP contribution in [0.1, 0.15) is 27.7 Å². The maximum absolute atomic E-state index is 12.0. The summed E-state index contributed by atoms with van der Waals surface area (Å²) in [4.78, 5) is 25.4. The van der Waals surface area contributed by atoms with E-state index < -0.39 is 11.7 Å². The molecule has 10 nitrogen and oxygen atoms in total. The molecule has 0 aliphatic heterocycles. The molecule has 1 aromatic carbocycles. The van der Waals surface area contributed by atoms with Gasteiger partial charge in [-0.25, -0.2) is 9.78 Å². The Hall–Kier alpha value is -4.34. The smallest absolute Gasteiger partial charge is 0.407 e. The Kier molecular flexibility index (Phi) is 7.19. The molecule has 4 rings (SSSR count). The minimum atomic E-state index is -0.573. The van der Waals surface area contributed by atoms with Gasteiger partial charge in [0.25, 0.3) is 0 Å². The number of methoxy groups -OCH3 is 2. The van der Waals surface area contributed by atoms with Gasteiger partial charge in [0.2, 0.25) is 0 Å². The molecule has 1 amide bonds. The van der Waals surface area contributed by atoms with E-state index in [0.717, 1.165) is 27.2 Å². The van der Waals surface area contributed by atoms with Crippen LogP contribution in [0.25, 0.3) is 32.9 Å². The van der Waals surface area contributed by atoms with Crippen LogP contribution in [0.5, 0.6) is 17.2 Å². The highest BCUT2D eigenvalue weighted by molar-refractivity contribution is 6.10. The van der Waals surface area contributed by atoms with Crippen LogP contribution in [0.2, 0.25) is 0 Å². The van der Waals surface area contributed by atoms with Crippen LogP contribution in [0, 0.1) is 0 Å². The average molecular weight is 506 g/mol. The molecule has 0 aliphatic carbocycles. The highest BCUT2D eigenvalue weighted by atomic mass is 16.6. The highest BCUT2D eigenvalue weighted by Gasteiger charge is 2.18. The molecule has 0 aliphatic rings. The Morgan fingerprint density at radius 1 is 1.00 bits per heavy atom. The molecule has 3 N–H and O–H groups in total. The molecule has 0 fully saturated rings. The van der Waals surface area contributed by atoms with E-state index in [1.807, 2.05) is 52.0 Å². The van der Waals surface area contributed by atoms with E-state index in [0.29, 0.717) is 28.8 Å². The third-order valence-corrected chi connectivity index (χ3v) is 5.48. The molecule has 1 atom stereocenters. The lowest BCUT2D eigenvalue weighted by molar-refractivity contribution is 0.0494. The van der Waals surface area contributed by atoms with Crippen molar-refractivity contribution in [3.05, 3.63) is 42.9 Å². The second-order valence-corrected chi connectivity index (χ2v) is 9.60. The Morgan fingerprint density at radius 3 is 2.43 bits per heavy atom. The number of nitrogens with one attached hydrogen (secondary N) is 1. The van der Waals surface area contributed by atoms with Crippen molar-refractivity contribution in [2.24, 2.45) is 0 Å². The van der Waals surface area contributed by atoms with Crippen LogP contribution in [-0.4, -0.2) is 53.5 Å². The van der Waals surface area contributed by atoms with Crippen LogP contribution in [0.15, 0.2) is 42.9 Å². The molecule has 0 spiro atoms. The zero-order valence-corrected chi connectivity index (χ0v) is 21.8. The maximum Gasteiger partial charge on any atom is 0.407 e. The lowest BCUT2D eigenvalue weighted by atomic mass is 10.0. The van der Waals surface area contributed by atoms with Gasteiger partial charge in [0.15, 0.2) is 11.5 Å². The normalized spacial score (nSPS) is 12.3. The van der Waals surface area contributed by atoms with Gasteiger partial charge in [-0.2, -0.15) is 0 Å². The van der Waals surface area contributed by atoms with Crippen molar-refractivity contribution in [1.82, 2.24) is 20.3 Å². The number of anilines is 1. The summed E-state index contributed by atoms with van der Waals surface area (Å²) in [5.41, 5.74) is 7.85. The van der Waals surface area contributed by atoms with Crippen LogP contribution in [0.3, 0.4) is 0 Å². The Bertz CT molecular complexity index is 1450. The standard InChI is InChI=1S/C27H31N5O5/c1-15(31-26(33)37-27(2,3)4)14-36-17-7-16(11-29-12-17)21-8-18-19-9-23(34-5)24(35-6)10-22(19)30-13-20(18)25(28)32-21/h7-13,15H,14H2,1-6H3,(H2,28,32)(H,31,33). The molecule has 0 saturated carbocycles. The number of alkyl carbamates (subject to hydrolysis) is 1. The number of benzene rings is 1. The van der Waals surface area contributed by atoms with Gasteiger partial charge in [-0.3, -0.25) is 9.97 Å². The molecule has 4 aromatic rings. The number of nitrogen functional groups attached to an aromatic ring is 1. The van der Waals surface area contributed by atoms with E-state index >= 15 is 0 Å². The molecule has 3 aromatic heterocycles. The molecule has 3 heterocycles. The first kappa shape index (κ1) is 25.7. The highest BCUT2D eigenvalue weighted by Crippen LogP contribution is 2.37. The average Bonchev–Trinajstić information content (AvgIpc) is 2.85. The van der Waals surface area contributed by atoms with E-state index in [1.54, 1.807) is 32.8 Å². The van der Waals surface area contributed by atoms with E-state index in [-0.39, 0.29) is 12.6 Å². The van der Waals surface area contributed by atoms with Crippen molar-refractivity contribution in [2.45, 2.75) is 39.3 Å². The maximum atomic E-state index is 12.0. The molecular formula is C27H31N5O5. The number of hydrogen-bond acceptors (Lipinski definition) is 9. The van der Waals surface area contributed by atoms with E-state index in [9.17, 15) is 4.79 Å². The summed E-state index contributed by atoms with van der Waals surface area (Å²) in [6, 6.07) is 7.19. The van der Waals surface area contributed by atoms with Gasteiger partial charge in [0.05, 0.1) is 37.7 Å². The fourth-order valence-corrected chi connectivity index (χ4v) is 3.82. The number of amides is 1. The van der Waals surface area contributed by atoms with Crippen molar-refractivity contribution in [2.75, 3.05) is 26.6 Å². The van der Waals surface area contributed by atoms with Crippen LogP contribution < -0.4 is 25.3 Å². The predicted octanol–water partition coefficient (Wildman–Crippen LogP) is 4.74. The zero-order chi connectivity index (χ0) is 26.7. The summed E-state index contributed by atoms with van der Waals surface area (Å²) >= 11 is 0. The van der Waals surface area contributed by atoms with Crippen molar-refractivity contribution in [1.29, 1.82) is 0 Å². The first-order valence-corrected chi connectivity index (χ1v) is 11.8. The third kappa shape index (κ3) is 5.91. The molecule has 0 radical (unpaired) electrons. The summed E-state index contributed by atoms with van der Waals surface area (Å²) in [5, 5.41) is 5.21. The topological polar surface area (TPSA) is 131 Å². The van der Waals surface area contributed by atoms with Crippen LogP contribution in [-0.2, 0) is 4.74 Å². The van der Waals surface area contributed by atoms with Gasteiger partial charge in [0, 0.05) is 34.8 Å². The van der Waals surface area contributed by atoms with Gasteiger partial charge in [-0.05, 0) is 51.3 Å². The van der Waals surface area contributed by atoms with Gasteiger partial charge < -0.3 is 30.0 Å². The van der Waals surface area contributed by atoms with Crippen molar-refractivity contribution >= 4 is 33.6 Å². The molecule has 0 saturated heterocycles. The number of rotatable bonds is 7. The minimum absolute atomic E-state index is 0.232. The predicted molar refractivity (Wildman–Crippen MR) is 142 cm³/mol. The van der Waals surface area contributed by atoms with E-state index in [4.69, 9.17) is 24.7 Å². The fourth-order valence-electron chi connectivity index (χ4n) is 3.82. The molecule has 37 heavy (non-hydrogen) atoms. The lowest BCUT2D eigenvalue weighted by Gasteiger charge is -2.22. The molecule has 194 valence electrons. The number of aromatic nitrogens is 3. The van der Waals surface area contributed by atoms with Gasteiger partial charge in [0.1, 0.15) is 23.8 Å². The Balaban J connectivity index is 1.61. The first-order valence-electron chi connectivity index (χ1n) is 11.8. The summed E-state index contributed by atoms with van der Waals surface area (Å²) in [6.45, 7) is 7.49. The second kappa shape index (κ2) is 10.3. The van der Waals surface area contributed by atoms with Crippen molar-refractivity contribution in [3.63, 3.8) is 0 Å². The lowest BCUT2D eigenvalue weighted by Crippen LogP contribution is -2.40. The van der Waals surface area contributed by atoms with Gasteiger partial charge in [-0.1, -0.05) is 0 Å². The number of nitrogens with two attached hydrogens (primary N) is 1. The molecular weight excluding hydrogens is 474 g/mol. The summed E-state index contributed by atoms with van der Waals surface area (Å²) in [7, 11) is 3.17. The van der Waals surface area contributed by atoms with Crippen LogP contribution in [0.4, 0.5) is 10.6 Å². The van der Waals surface area contributed by atoms with Crippen molar-refractivity contribution in [3.8, 4) is 28.5 Å². The van der Waals surface area contributed by atoms with E-state index in [2.05, 4.69) is 20.3 Å². The number of ether oxygens (including phenoxy) is 4. The number of hydrogen-bond donors (Lipinski definition) is 2. The quantitative estimate of drug-likeness (QED) is 0.342. The van der Waals surface area contributed by atoms with Gasteiger partial charge in [-0.15, -0.1) is 0 Å². The number of pyridine rings is 3. The first-order chi connectivity index (χ1) is 17.6. The molecule has 0 bridgehead atoms. The Labute approximate surface area is 215 Å². The Morgan fingerprint density at radius 2 is 1.73 bits per heavy atom. The molecule has 10 heteroatoms. The summed E-state index contributed by atoms with van der Waals surface area (Å²) < 4.78 is 22.1. The minimum Gasteiger partial charge on any atom is -0.493 e. The number of carbonyl (C=O) groups excluding carboxylic acids is 1. The monoisotopic (exact) mass is 505 g/mol. The fraction of sp³-hybridized carbons (Fsp3) is 0.333. The van der Waals surface area contributed by atoms with E-state index in [1.165, 1.54) is 0 Å². The van der Waals surface area contributed by atoms with Gasteiger partial charge >= 0.3 is 6.09 Å². The summed E-state index contributed by atoms with van der Waals surface area (Å²) in [6.07, 6.45) is 4.50. The number of carbonyl (C=O) groups is 1. The molecule has 1 unspecified atom stereocenters. The zero-order valence-electron chi connectivity index (χ0n) is 21.8. The number of fused-ring (bicyclic) bond motifs is 3. The van der Waals surface area contributed by atoms with Crippen molar-refractivity contribution < 1.29 is 23.7 Å². The largest absolute Gasteiger partial charge is 0.493 e. The summed E-state index contributed by atoms with van der Waals surface area (Å²) in [5.74, 6) is 2.06. The number of nitrogens with zero attached hydrogens (tertiary/aromatic N) is 3.